The molecule has 0 unspecified atom stereocenters. The number of amides is 1. The molecule has 0 aromatic carbocycles. The number of nitrogens with zero attached hydrogens (tertiary/aromatic N) is 3. The van der Waals surface area contributed by atoms with Crippen LogP contribution in [0.3, 0.4) is 0 Å². The highest BCUT2D eigenvalue weighted by molar-refractivity contribution is 5.91. The molecule has 124 valence electrons. The molecule has 0 bridgehead atoms. The molecule has 1 saturated carbocycles. The number of ether oxygens (including phenoxy) is 1. The maximum atomic E-state index is 12.3. The Labute approximate surface area is 136 Å². The lowest BCUT2D eigenvalue weighted by molar-refractivity contribution is -0.121. The highest BCUT2D eigenvalue weighted by Gasteiger charge is 2.27. The lowest BCUT2D eigenvalue weighted by Crippen LogP contribution is -2.30. The summed E-state index contributed by atoms with van der Waals surface area (Å²) in [6, 6.07) is 4.28. The second-order valence-corrected chi connectivity index (χ2v) is 6.87. The highest BCUT2D eigenvalue weighted by Crippen LogP contribution is 2.36. The summed E-state index contributed by atoms with van der Waals surface area (Å²) in [7, 11) is 1.61. The molecule has 2 aromatic rings. The van der Waals surface area contributed by atoms with Gasteiger partial charge in [0.05, 0.1) is 12.0 Å². The molecule has 0 spiro atoms. The molecular weight excluding hydrogens is 292 g/mol. The van der Waals surface area contributed by atoms with Crippen LogP contribution in [0.4, 0.5) is 5.95 Å². The van der Waals surface area contributed by atoms with Crippen LogP contribution in [0.5, 0.6) is 0 Å². The Morgan fingerprint density at radius 2 is 2.13 bits per heavy atom. The molecule has 0 saturated heterocycles. The van der Waals surface area contributed by atoms with Gasteiger partial charge in [-0.05, 0) is 52.2 Å². The molecule has 6 nitrogen and oxygen atoms in total. The molecule has 3 rings (SSSR count). The predicted molar refractivity (Wildman–Crippen MR) is 89.5 cm³/mol. The van der Waals surface area contributed by atoms with Gasteiger partial charge < -0.3 is 4.74 Å². The number of pyridine rings is 1. The van der Waals surface area contributed by atoms with Crippen LogP contribution in [-0.4, -0.2) is 33.2 Å². The number of nitrogens with one attached hydrogen (secondary N) is 1. The summed E-state index contributed by atoms with van der Waals surface area (Å²) in [5, 5.41) is 2.95. The largest absolute Gasteiger partial charge is 0.378 e. The standard InChI is InChI=1S/C17H24N4O2/c1-11-8-9-13-15(18-11)21(12-6-5-7-12)16(19-13)20-14(22)10-17(2,3)23-4/h8-9,12H,5-7,10H2,1-4H3,(H,19,20,22). The third-order valence-corrected chi connectivity index (χ3v) is 4.51. The summed E-state index contributed by atoms with van der Waals surface area (Å²) in [6.45, 7) is 5.76. The Hall–Kier alpha value is -1.95. The van der Waals surface area contributed by atoms with Crippen molar-refractivity contribution in [2.45, 2.75) is 58.1 Å². The van der Waals surface area contributed by atoms with E-state index in [-0.39, 0.29) is 12.3 Å². The maximum absolute atomic E-state index is 12.3. The molecule has 1 aliphatic rings. The zero-order chi connectivity index (χ0) is 16.6. The molecule has 1 fully saturated rings. The molecule has 1 aliphatic carbocycles. The number of fused-ring (bicyclic) bond motifs is 1. The molecule has 1 N–H and O–H groups in total. The second-order valence-electron chi connectivity index (χ2n) is 6.87. The number of carbonyl (C=O) groups excluding carboxylic acids is 1. The summed E-state index contributed by atoms with van der Waals surface area (Å²) in [4.78, 5) is 21.5. The number of carbonyl (C=O) groups is 1. The number of rotatable bonds is 5. The fraction of sp³-hybridized carbons (Fsp3) is 0.588. The molecule has 2 aromatic heterocycles. The predicted octanol–water partition coefficient (Wildman–Crippen LogP) is 3.22. The Morgan fingerprint density at radius 1 is 1.39 bits per heavy atom. The average molecular weight is 316 g/mol. The molecular formula is C17H24N4O2. The van der Waals surface area contributed by atoms with E-state index in [0.29, 0.717) is 12.0 Å². The molecule has 1 amide bonds. The van der Waals surface area contributed by atoms with Crippen LogP contribution < -0.4 is 5.32 Å². The van der Waals surface area contributed by atoms with Crippen LogP contribution in [-0.2, 0) is 9.53 Å². The van der Waals surface area contributed by atoms with Crippen molar-refractivity contribution in [2.24, 2.45) is 0 Å². The first kappa shape index (κ1) is 15.9. The van der Waals surface area contributed by atoms with E-state index >= 15 is 0 Å². The van der Waals surface area contributed by atoms with E-state index in [2.05, 4.69) is 19.9 Å². The maximum Gasteiger partial charge on any atom is 0.229 e. The van der Waals surface area contributed by atoms with Crippen LogP contribution >= 0.6 is 0 Å². The number of hydrogen-bond acceptors (Lipinski definition) is 4. The van der Waals surface area contributed by atoms with E-state index < -0.39 is 5.60 Å². The molecule has 6 heteroatoms. The third kappa shape index (κ3) is 3.22. The second kappa shape index (κ2) is 5.92. The van der Waals surface area contributed by atoms with Crippen molar-refractivity contribution < 1.29 is 9.53 Å². The smallest absolute Gasteiger partial charge is 0.229 e. The van der Waals surface area contributed by atoms with Gasteiger partial charge in [0.25, 0.3) is 0 Å². The Bertz CT molecular complexity index is 732. The van der Waals surface area contributed by atoms with Gasteiger partial charge in [0.1, 0.15) is 5.52 Å². The average Bonchev–Trinajstić information content (AvgIpc) is 2.74. The first-order valence-electron chi connectivity index (χ1n) is 8.10. The fourth-order valence-corrected chi connectivity index (χ4v) is 2.78. The normalized spacial score (nSPS) is 15.7. The highest BCUT2D eigenvalue weighted by atomic mass is 16.5. The molecule has 0 aliphatic heterocycles. The minimum absolute atomic E-state index is 0.0931. The van der Waals surface area contributed by atoms with Crippen molar-refractivity contribution >= 4 is 23.0 Å². The van der Waals surface area contributed by atoms with E-state index in [0.717, 1.165) is 29.7 Å². The van der Waals surface area contributed by atoms with Crippen molar-refractivity contribution in [3.8, 4) is 0 Å². The summed E-state index contributed by atoms with van der Waals surface area (Å²) in [5.41, 5.74) is 2.14. The van der Waals surface area contributed by atoms with Gasteiger partial charge >= 0.3 is 0 Å². The lowest BCUT2D eigenvalue weighted by atomic mass is 9.93. The quantitative estimate of drug-likeness (QED) is 0.919. The van der Waals surface area contributed by atoms with Crippen LogP contribution in [0.25, 0.3) is 11.2 Å². The van der Waals surface area contributed by atoms with Crippen molar-refractivity contribution in [3.63, 3.8) is 0 Å². The van der Waals surface area contributed by atoms with E-state index in [1.807, 2.05) is 32.9 Å². The summed E-state index contributed by atoms with van der Waals surface area (Å²) < 4.78 is 7.42. The van der Waals surface area contributed by atoms with E-state index in [1.54, 1.807) is 7.11 Å². The van der Waals surface area contributed by atoms with Gasteiger partial charge in [0.2, 0.25) is 11.9 Å². The zero-order valence-electron chi connectivity index (χ0n) is 14.2. The number of methoxy groups -OCH3 is 1. The van der Waals surface area contributed by atoms with Gasteiger partial charge in [-0.3, -0.25) is 14.7 Å². The van der Waals surface area contributed by atoms with Crippen molar-refractivity contribution in [1.29, 1.82) is 0 Å². The Morgan fingerprint density at radius 3 is 2.74 bits per heavy atom. The van der Waals surface area contributed by atoms with Gasteiger partial charge in [-0.15, -0.1) is 0 Å². The van der Waals surface area contributed by atoms with Crippen LogP contribution in [0, 0.1) is 6.92 Å². The van der Waals surface area contributed by atoms with E-state index in [1.165, 1.54) is 6.42 Å². The number of aromatic nitrogens is 3. The molecule has 2 heterocycles. The lowest BCUT2D eigenvalue weighted by Gasteiger charge is -2.29. The number of anilines is 1. The van der Waals surface area contributed by atoms with Gasteiger partial charge in [-0.1, -0.05) is 0 Å². The monoisotopic (exact) mass is 316 g/mol. The Balaban J connectivity index is 1.92. The van der Waals surface area contributed by atoms with Gasteiger partial charge in [0.15, 0.2) is 5.65 Å². The first-order valence-corrected chi connectivity index (χ1v) is 8.10. The van der Waals surface area contributed by atoms with Crippen molar-refractivity contribution in [2.75, 3.05) is 12.4 Å². The number of imidazole rings is 1. The number of aryl methyl sites for hydroxylation is 1. The molecule has 0 radical (unpaired) electrons. The fourth-order valence-electron chi connectivity index (χ4n) is 2.78. The summed E-state index contributed by atoms with van der Waals surface area (Å²) >= 11 is 0. The minimum Gasteiger partial charge on any atom is -0.378 e. The van der Waals surface area contributed by atoms with Crippen LogP contribution in [0.1, 0.15) is 51.3 Å². The summed E-state index contributed by atoms with van der Waals surface area (Å²) in [6.07, 6.45) is 3.70. The van der Waals surface area contributed by atoms with Crippen molar-refractivity contribution in [3.05, 3.63) is 17.8 Å². The molecule has 0 atom stereocenters. The first-order chi connectivity index (χ1) is 10.9. The SMILES string of the molecule is COC(C)(C)CC(=O)Nc1nc2ccc(C)nc2n1C1CCC1. The van der Waals surface area contributed by atoms with Gasteiger partial charge in [0, 0.05) is 18.8 Å². The topological polar surface area (TPSA) is 69.0 Å². The van der Waals surface area contributed by atoms with E-state index in [9.17, 15) is 4.79 Å². The number of hydrogen-bond donors (Lipinski definition) is 1. The Kier molecular flexibility index (Phi) is 4.10. The van der Waals surface area contributed by atoms with Gasteiger partial charge in [-0.2, -0.15) is 0 Å². The third-order valence-electron chi connectivity index (χ3n) is 4.51. The van der Waals surface area contributed by atoms with Crippen LogP contribution in [0.2, 0.25) is 0 Å². The van der Waals surface area contributed by atoms with Crippen molar-refractivity contribution in [1.82, 2.24) is 14.5 Å². The summed E-state index contributed by atoms with van der Waals surface area (Å²) in [5.74, 6) is 0.504. The van der Waals surface area contributed by atoms with Crippen LogP contribution in [0.15, 0.2) is 12.1 Å². The molecule has 23 heavy (non-hydrogen) atoms. The minimum atomic E-state index is -0.494. The van der Waals surface area contributed by atoms with E-state index in [4.69, 9.17) is 4.74 Å². The van der Waals surface area contributed by atoms with Gasteiger partial charge in [-0.25, -0.2) is 9.97 Å². The zero-order valence-corrected chi connectivity index (χ0v) is 14.2.